The van der Waals surface area contributed by atoms with E-state index in [0.717, 1.165) is 75.3 Å². The first-order valence-corrected chi connectivity index (χ1v) is 10.8. The zero-order valence-electron chi connectivity index (χ0n) is 17.8. The van der Waals surface area contributed by atoms with Crippen molar-refractivity contribution >= 4 is 29.5 Å². The number of aliphatic hydroxyl groups excluding tert-OH is 1. The minimum absolute atomic E-state index is 0.0727. The van der Waals surface area contributed by atoms with Crippen LogP contribution in [0.4, 0.5) is 5.82 Å². The summed E-state index contributed by atoms with van der Waals surface area (Å²) < 4.78 is 2.20. The first-order chi connectivity index (χ1) is 14.7. The van der Waals surface area contributed by atoms with Crippen LogP contribution in [0.2, 0.25) is 12.6 Å². The van der Waals surface area contributed by atoms with E-state index in [9.17, 15) is 4.79 Å². The van der Waals surface area contributed by atoms with Crippen LogP contribution in [0.1, 0.15) is 38.1 Å². The molecule has 4 rings (SSSR count). The zero-order valence-corrected chi connectivity index (χ0v) is 17.8. The molecule has 1 saturated carbocycles. The quantitative estimate of drug-likeness (QED) is 0.653. The van der Waals surface area contributed by atoms with Gasteiger partial charge in [0.25, 0.3) is 6.71 Å². The second kappa shape index (κ2) is 10.4. The topological polar surface area (TPSA) is 116 Å². The predicted octanol–water partition coefficient (Wildman–Crippen LogP) is 2.51. The van der Waals surface area contributed by atoms with Crippen LogP contribution in [-0.2, 0) is 4.79 Å². The van der Waals surface area contributed by atoms with Gasteiger partial charge in [0.1, 0.15) is 17.8 Å². The molecule has 0 spiro atoms. The van der Waals surface area contributed by atoms with E-state index in [1.54, 1.807) is 6.33 Å². The van der Waals surface area contributed by atoms with Gasteiger partial charge in [-0.25, -0.2) is 15.2 Å². The highest BCUT2D eigenvalue weighted by atomic mass is 16.2. The molecule has 0 radical (unpaired) electrons. The van der Waals surface area contributed by atoms with Crippen molar-refractivity contribution in [2.45, 2.75) is 50.8 Å². The third kappa shape index (κ3) is 4.76. The lowest BCUT2D eigenvalue weighted by molar-refractivity contribution is -0.125. The second-order valence-corrected chi connectivity index (χ2v) is 8.19. The maximum atomic E-state index is 12.7. The summed E-state index contributed by atoms with van der Waals surface area (Å²) in [5, 5.41) is 23.3. The fraction of sp³-hybridized carbons (Fsp3) is 0.619. The Labute approximate surface area is 178 Å². The first-order valence-electron chi connectivity index (χ1n) is 10.8. The largest absolute Gasteiger partial charge is 0.400 e. The van der Waals surface area contributed by atoms with Crippen LogP contribution in [-0.4, -0.2) is 53.0 Å². The van der Waals surface area contributed by atoms with Gasteiger partial charge in [-0.15, -0.1) is 0 Å². The molecule has 2 aliphatic rings. The summed E-state index contributed by atoms with van der Waals surface area (Å²) in [6, 6.07) is 2.35. The van der Waals surface area contributed by atoms with Gasteiger partial charge in [-0.3, -0.25) is 4.79 Å². The molecule has 1 saturated heterocycles. The molecular formula is C21H31BN6O2. The molecule has 2 aromatic heterocycles. The molecular weight excluding hydrogens is 379 g/mol. The summed E-state index contributed by atoms with van der Waals surface area (Å²) in [5.74, 6) is 3.99. The van der Waals surface area contributed by atoms with E-state index in [-0.39, 0.29) is 18.5 Å². The second-order valence-electron chi connectivity index (χ2n) is 8.19. The maximum absolute atomic E-state index is 12.7. The Hall–Kier alpha value is -2.60. The fourth-order valence-corrected chi connectivity index (χ4v) is 4.80. The number of rotatable bonds is 5. The number of nitrogens with one attached hydrogen (secondary N) is 2. The van der Waals surface area contributed by atoms with E-state index in [1.807, 2.05) is 13.1 Å². The number of aliphatic hydroxyl groups is 1. The van der Waals surface area contributed by atoms with Crippen molar-refractivity contribution in [3.8, 4) is 5.97 Å². The molecule has 30 heavy (non-hydrogen) atoms. The van der Waals surface area contributed by atoms with Gasteiger partial charge >= 0.3 is 0 Å². The SMILES string of the molecule is CNc1ncnc2c1ccn2C1CCC(C(=O)NCC2CCB(C#N)CC2)C1.CO. The first kappa shape index (κ1) is 22.1. The molecule has 2 atom stereocenters. The van der Waals surface area contributed by atoms with Crippen LogP contribution >= 0.6 is 0 Å². The summed E-state index contributed by atoms with van der Waals surface area (Å²) in [4.78, 5) is 21.4. The Morgan fingerprint density at radius 2 is 2.07 bits per heavy atom. The number of carbonyl (C=O) groups excluding carboxylic acids is 1. The van der Waals surface area contributed by atoms with Gasteiger partial charge in [0.15, 0.2) is 0 Å². The highest BCUT2D eigenvalue weighted by Crippen LogP contribution is 2.37. The third-order valence-corrected chi connectivity index (χ3v) is 6.51. The molecule has 160 valence electrons. The van der Waals surface area contributed by atoms with Crippen LogP contribution in [0, 0.1) is 23.1 Å². The number of nitrogens with zero attached hydrogens (tertiary/aromatic N) is 4. The molecule has 3 N–H and O–H groups in total. The molecule has 1 amide bonds. The average molecular weight is 410 g/mol. The van der Waals surface area contributed by atoms with Crippen LogP contribution in [0.5, 0.6) is 0 Å². The van der Waals surface area contributed by atoms with Crippen molar-refractivity contribution in [1.29, 1.82) is 5.26 Å². The number of hydrogen-bond donors (Lipinski definition) is 3. The summed E-state index contributed by atoms with van der Waals surface area (Å²) in [6.45, 7) is 0.967. The number of carbonyl (C=O) groups is 1. The normalized spacial score (nSPS) is 21.6. The van der Waals surface area contributed by atoms with E-state index in [2.05, 4.69) is 37.3 Å². The summed E-state index contributed by atoms with van der Waals surface area (Å²) in [6.07, 6.45) is 10.5. The Morgan fingerprint density at radius 3 is 2.77 bits per heavy atom. The van der Waals surface area contributed by atoms with Gasteiger partial charge in [0.2, 0.25) is 5.91 Å². The molecule has 3 heterocycles. The number of fused-ring (bicyclic) bond motifs is 1. The number of hydrogen-bond acceptors (Lipinski definition) is 6. The third-order valence-electron chi connectivity index (χ3n) is 6.51. The lowest BCUT2D eigenvalue weighted by Crippen LogP contribution is -2.35. The molecule has 2 fully saturated rings. The maximum Gasteiger partial charge on any atom is 0.267 e. The Bertz CT molecular complexity index is 887. The standard InChI is InChI=1S/C20H27BN6O.CH4O/c1-23-18-17-6-9-27(19(17)26-13-25-18)16-3-2-15(10-16)20(28)24-11-14-4-7-21(12-22)8-5-14;1-2/h6,9,13-16H,2-5,7-8,10-11H2,1H3,(H,24,28)(H,23,25,26);2H,1H3. The van der Waals surface area contributed by atoms with Crippen LogP contribution in [0.15, 0.2) is 18.6 Å². The number of anilines is 1. The highest BCUT2D eigenvalue weighted by molar-refractivity contribution is 6.67. The summed E-state index contributed by atoms with van der Waals surface area (Å²) >= 11 is 0. The van der Waals surface area contributed by atoms with Gasteiger partial charge < -0.3 is 20.3 Å². The molecule has 2 unspecified atom stereocenters. The summed E-state index contributed by atoms with van der Waals surface area (Å²) in [5.41, 5.74) is 0.930. The van der Waals surface area contributed by atoms with Crippen molar-refractivity contribution in [1.82, 2.24) is 19.9 Å². The lowest BCUT2D eigenvalue weighted by atomic mass is 9.42. The van der Waals surface area contributed by atoms with Gasteiger partial charge in [0.05, 0.1) is 5.39 Å². The van der Waals surface area contributed by atoms with E-state index in [1.165, 1.54) is 0 Å². The van der Waals surface area contributed by atoms with E-state index < -0.39 is 0 Å². The highest BCUT2D eigenvalue weighted by Gasteiger charge is 2.32. The molecule has 1 aliphatic carbocycles. The molecule has 0 aromatic carbocycles. The van der Waals surface area contributed by atoms with E-state index >= 15 is 0 Å². The van der Waals surface area contributed by atoms with Crippen LogP contribution in [0.25, 0.3) is 11.0 Å². The van der Waals surface area contributed by atoms with Crippen LogP contribution in [0.3, 0.4) is 0 Å². The van der Waals surface area contributed by atoms with Crippen molar-refractivity contribution in [3.63, 3.8) is 0 Å². The molecule has 2 aromatic rings. The number of aromatic nitrogens is 3. The predicted molar refractivity (Wildman–Crippen MR) is 118 cm³/mol. The Balaban J connectivity index is 0.00000124. The minimum Gasteiger partial charge on any atom is -0.400 e. The molecule has 9 heteroatoms. The van der Waals surface area contributed by atoms with Gasteiger partial charge in [-0.05, 0) is 31.2 Å². The van der Waals surface area contributed by atoms with Crippen LogP contribution < -0.4 is 10.6 Å². The average Bonchev–Trinajstić information content (AvgIpc) is 3.46. The van der Waals surface area contributed by atoms with Crippen molar-refractivity contribution in [3.05, 3.63) is 18.6 Å². The smallest absolute Gasteiger partial charge is 0.267 e. The number of amides is 1. The molecule has 8 nitrogen and oxygen atoms in total. The van der Waals surface area contributed by atoms with Crippen molar-refractivity contribution in [2.24, 2.45) is 11.8 Å². The molecule has 0 bridgehead atoms. The van der Waals surface area contributed by atoms with Gasteiger partial charge in [-0.1, -0.05) is 25.5 Å². The Kier molecular flexibility index (Phi) is 7.69. The zero-order chi connectivity index (χ0) is 21.5. The van der Waals surface area contributed by atoms with Crippen molar-refractivity contribution in [2.75, 3.05) is 26.0 Å². The minimum atomic E-state index is 0.0727. The fourth-order valence-electron chi connectivity index (χ4n) is 4.80. The van der Waals surface area contributed by atoms with Gasteiger partial charge in [-0.2, -0.15) is 0 Å². The van der Waals surface area contributed by atoms with E-state index in [4.69, 9.17) is 10.4 Å². The monoisotopic (exact) mass is 410 g/mol. The van der Waals surface area contributed by atoms with E-state index in [0.29, 0.717) is 12.0 Å². The molecule has 1 aliphatic heterocycles. The lowest BCUT2D eigenvalue weighted by Gasteiger charge is -2.24. The summed E-state index contributed by atoms with van der Waals surface area (Å²) in [7, 11) is 2.86. The number of nitriles is 1. The Morgan fingerprint density at radius 1 is 1.30 bits per heavy atom. The van der Waals surface area contributed by atoms with Gasteiger partial charge in [0, 0.05) is 44.8 Å². The van der Waals surface area contributed by atoms with Crippen molar-refractivity contribution < 1.29 is 9.90 Å².